The Hall–Kier alpha value is -1.88. The number of rotatable bonds is 3. The fraction of sp³-hybridized carbons (Fsp3) is 0.652. The topological polar surface area (TPSA) is 66.8 Å². The van der Waals surface area contributed by atoms with Crippen molar-refractivity contribution in [2.24, 2.45) is 5.41 Å². The molecule has 5 rings (SSSR count). The Morgan fingerprint density at radius 1 is 1.14 bits per heavy atom. The van der Waals surface area contributed by atoms with E-state index in [1.54, 1.807) is 6.07 Å². The molecule has 0 radical (unpaired) electrons. The molecule has 1 N–H and O–H groups in total. The van der Waals surface area contributed by atoms with Gasteiger partial charge in [0.1, 0.15) is 0 Å². The van der Waals surface area contributed by atoms with Gasteiger partial charge in [0.05, 0.1) is 5.56 Å². The maximum Gasteiger partial charge on any atom is 0.335 e. The number of benzene rings is 1. The molecule has 1 aromatic carbocycles. The van der Waals surface area contributed by atoms with Gasteiger partial charge < -0.3 is 14.7 Å². The van der Waals surface area contributed by atoms with E-state index in [-0.39, 0.29) is 22.8 Å². The van der Waals surface area contributed by atoms with Crippen LogP contribution in [0.15, 0.2) is 18.2 Å². The van der Waals surface area contributed by atoms with Crippen molar-refractivity contribution < 1.29 is 19.4 Å². The maximum atomic E-state index is 13.4. The molecule has 1 atom stereocenters. The molecular weight excluding hydrogens is 354 g/mol. The Labute approximate surface area is 166 Å². The number of hydrogen-bond acceptors (Lipinski definition) is 3. The van der Waals surface area contributed by atoms with Crippen LogP contribution in [0.4, 0.5) is 0 Å². The molecule has 2 aliphatic heterocycles. The zero-order valence-electron chi connectivity index (χ0n) is 16.4. The standard InChI is InChI=1S/C23H29NO4/c25-20(24-11-8-22(23(24)6-7-23)9-12-28-13-10-22)15-17-3-1-2-16-4-5-18(21(26)27)14-19(16)17/h4-5,14,17H,1-3,6-13,15H2,(H,26,27). The molecule has 1 unspecified atom stereocenters. The Morgan fingerprint density at radius 2 is 1.93 bits per heavy atom. The molecule has 4 aliphatic rings. The van der Waals surface area contributed by atoms with E-state index in [2.05, 4.69) is 4.90 Å². The zero-order chi connectivity index (χ0) is 19.4. The first-order valence-corrected chi connectivity index (χ1v) is 10.8. The molecule has 2 spiro atoms. The van der Waals surface area contributed by atoms with E-state index in [1.807, 2.05) is 12.1 Å². The van der Waals surface area contributed by atoms with E-state index >= 15 is 0 Å². The predicted octanol–water partition coefficient (Wildman–Crippen LogP) is 3.76. The molecule has 150 valence electrons. The van der Waals surface area contributed by atoms with Crippen molar-refractivity contribution in [2.75, 3.05) is 19.8 Å². The summed E-state index contributed by atoms with van der Waals surface area (Å²) in [5.74, 6) is -0.464. The van der Waals surface area contributed by atoms with Gasteiger partial charge in [-0.1, -0.05) is 6.07 Å². The number of carbonyl (C=O) groups is 2. The van der Waals surface area contributed by atoms with Crippen molar-refractivity contribution >= 4 is 11.9 Å². The van der Waals surface area contributed by atoms with Gasteiger partial charge in [-0.25, -0.2) is 4.79 Å². The van der Waals surface area contributed by atoms with E-state index in [1.165, 1.54) is 5.56 Å². The van der Waals surface area contributed by atoms with Crippen LogP contribution in [0.5, 0.6) is 0 Å². The molecule has 1 aromatic rings. The van der Waals surface area contributed by atoms with Crippen molar-refractivity contribution in [3.63, 3.8) is 0 Å². The molecule has 28 heavy (non-hydrogen) atoms. The van der Waals surface area contributed by atoms with Crippen LogP contribution in [0.3, 0.4) is 0 Å². The van der Waals surface area contributed by atoms with E-state index in [9.17, 15) is 14.7 Å². The lowest BCUT2D eigenvalue weighted by Crippen LogP contribution is -2.47. The summed E-state index contributed by atoms with van der Waals surface area (Å²) in [7, 11) is 0. The molecule has 1 saturated carbocycles. The molecule has 0 bridgehead atoms. The Kier molecular flexibility index (Phi) is 4.27. The number of hydrogen-bond donors (Lipinski definition) is 1. The summed E-state index contributed by atoms with van der Waals surface area (Å²) < 4.78 is 5.61. The van der Waals surface area contributed by atoms with Gasteiger partial charge in [-0.15, -0.1) is 0 Å². The fourth-order valence-electron chi connectivity index (χ4n) is 6.38. The van der Waals surface area contributed by atoms with E-state index in [0.29, 0.717) is 12.0 Å². The number of aromatic carboxylic acids is 1. The summed E-state index contributed by atoms with van der Waals surface area (Å²) in [6.45, 7) is 2.54. The van der Waals surface area contributed by atoms with Crippen molar-refractivity contribution in [1.29, 1.82) is 0 Å². The third-order valence-electron chi connectivity index (χ3n) is 8.04. The van der Waals surface area contributed by atoms with Crippen LogP contribution in [-0.2, 0) is 16.0 Å². The van der Waals surface area contributed by atoms with Gasteiger partial charge in [0.15, 0.2) is 0 Å². The van der Waals surface area contributed by atoms with Crippen molar-refractivity contribution in [2.45, 2.75) is 69.2 Å². The SMILES string of the molecule is O=C(O)c1ccc2c(c1)C(CC(=O)N1CCC3(CCOCC3)C13CC3)CCC2. The Morgan fingerprint density at radius 3 is 2.64 bits per heavy atom. The zero-order valence-corrected chi connectivity index (χ0v) is 16.4. The normalized spacial score (nSPS) is 27.0. The molecule has 1 amide bonds. The van der Waals surface area contributed by atoms with E-state index in [0.717, 1.165) is 76.7 Å². The second kappa shape index (κ2) is 6.58. The van der Waals surface area contributed by atoms with Crippen LogP contribution in [-0.4, -0.2) is 47.2 Å². The molecule has 2 heterocycles. The van der Waals surface area contributed by atoms with E-state index in [4.69, 9.17) is 4.74 Å². The van der Waals surface area contributed by atoms with Crippen LogP contribution in [0.2, 0.25) is 0 Å². The van der Waals surface area contributed by atoms with Crippen LogP contribution < -0.4 is 0 Å². The number of amides is 1. The summed E-state index contributed by atoms with van der Waals surface area (Å²) in [4.78, 5) is 27.0. The van der Waals surface area contributed by atoms with Crippen molar-refractivity contribution in [1.82, 2.24) is 4.90 Å². The average Bonchev–Trinajstić information content (AvgIpc) is 3.45. The van der Waals surface area contributed by atoms with Gasteiger partial charge in [0.25, 0.3) is 0 Å². The third kappa shape index (κ3) is 2.70. The number of carbonyl (C=O) groups excluding carboxylic acids is 1. The quantitative estimate of drug-likeness (QED) is 0.863. The van der Waals surface area contributed by atoms with Crippen LogP contribution in [0.25, 0.3) is 0 Å². The summed E-state index contributed by atoms with van der Waals surface area (Å²) in [6.07, 6.45) is 9.13. The molecule has 3 fully saturated rings. The highest BCUT2D eigenvalue weighted by atomic mass is 16.5. The highest BCUT2D eigenvalue weighted by Gasteiger charge is 2.66. The number of likely N-dealkylation sites (tertiary alicyclic amines) is 1. The monoisotopic (exact) mass is 383 g/mol. The summed E-state index contributed by atoms with van der Waals surface area (Å²) in [5, 5.41) is 9.36. The minimum Gasteiger partial charge on any atom is -0.478 e. The maximum absolute atomic E-state index is 13.4. The van der Waals surface area contributed by atoms with Gasteiger partial charge in [-0.2, -0.15) is 0 Å². The first kappa shape index (κ1) is 18.2. The van der Waals surface area contributed by atoms with Gasteiger partial charge in [0, 0.05) is 31.7 Å². The van der Waals surface area contributed by atoms with Gasteiger partial charge in [-0.05, 0) is 86.0 Å². The summed E-state index contributed by atoms with van der Waals surface area (Å²) in [6, 6.07) is 5.45. The van der Waals surface area contributed by atoms with Crippen molar-refractivity contribution in [3.8, 4) is 0 Å². The summed E-state index contributed by atoms with van der Waals surface area (Å²) >= 11 is 0. The van der Waals surface area contributed by atoms with Crippen LogP contribution in [0.1, 0.15) is 78.8 Å². The van der Waals surface area contributed by atoms with E-state index < -0.39 is 5.97 Å². The predicted molar refractivity (Wildman–Crippen MR) is 104 cm³/mol. The number of carboxylic acid groups (broad SMARTS) is 1. The minimum atomic E-state index is -0.892. The molecule has 5 nitrogen and oxygen atoms in total. The smallest absolute Gasteiger partial charge is 0.335 e. The highest BCUT2D eigenvalue weighted by molar-refractivity contribution is 5.88. The number of aryl methyl sites for hydroxylation is 1. The first-order chi connectivity index (χ1) is 13.5. The van der Waals surface area contributed by atoms with Gasteiger partial charge in [-0.3, -0.25) is 4.79 Å². The highest BCUT2D eigenvalue weighted by Crippen LogP contribution is 2.64. The number of nitrogens with zero attached hydrogens (tertiary/aromatic N) is 1. The lowest BCUT2D eigenvalue weighted by atomic mass is 9.72. The molecule has 5 heteroatoms. The van der Waals surface area contributed by atoms with Crippen molar-refractivity contribution in [3.05, 3.63) is 34.9 Å². The number of carboxylic acids is 1. The first-order valence-electron chi connectivity index (χ1n) is 10.8. The lowest BCUT2D eigenvalue weighted by molar-refractivity contribution is -0.135. The second-order valence-corrected chi connectivity index (χ2v) is 9.23. The largest absolute Gasteiger partial charge is 0.478 e. The average molecular weight is 383 g/mol. The minimum absolute atomic E-state index is 0.0915. The third-order valence-corrected chi connectivity index (χ3v) is 8.04. The summed E-state index contributed by atoms with van der Waals surface area (Å²) in [5.41, 5.74) is 3.01. The van der Waals surface area contributed by atoms with Gasteiger partial charge >= 0.3 is 5.97 Å². The molecule has 0 aromatic heterocycles. The Balaban J connectivity index is 1.36. The Bertz CT molecular complexity index is 807. The number of ether oxygens (including phenoxy) is 1. The van der Waals surface area contributed by atoms with Gasteiger partial charge in [0.2, 0.25) is 5.91 Å². The second-order valence-electron chi connectivity index (χ2n) is 9.23. The lowest BCUT2D eigenvalue weighted by Gasteiger charge is -2.42. The fourth-order valence-corrected chi connectivity index (χ4v) is 6.38. The molecular formula is C23H29NO4. The molecule has 2 aliphatic carbocycles. The number of fused-ring (bicyclic) bond motifs is 2. The molecule has 2 saturated heterocycles. The van der Waals surface area contributed by atoms with Crippen LogP contribution >= 0.6 is 0 Å². The van der Waals surface area contributed by atoms with Crippen LogP contribution in [0, 0.1) is 5.41 Å².